The number of hydrogen-bond acceptors (Lipinski definition) is 4. The van der Waals surface area contributed by atoms with E-state index in [-0.39, 0.29) is 11.8 Å². The second-order valence-electron chi connectivity index (χ2n) is 3.96. The molecule has 0 heterocycles. The second-order valence-corrected chi connectivity index (χ2v) is 5.84. The minimum atomic E-state index is -3.18. The Morgan fingerprint density at radius 2 is 2.20 bits per heavy atom. The molecule has 1 aliphatic rings. The van der Waals surface area contributed by atoms with Crippen LogP contribution in [-0.2, 0) is 14.8 Å². The van der Waals surface area contributed by atoms with Crippen molar-refractivity contribution in [3.8, 4) is 0 Å². The van der Waals surface area contributed by atoms with Gasteiger partial charge in [0.2, 0.25) is 10.0 Å². The first-order valence-electron chi connectivity index (χ1n) is 5.28. The summed E-state index contributed by atoms with van der Waals surface area (Å²) in [4.78, 5) is 0. The van der Waals surface area contributed by atoms with Crippen LogP contribution in [0.3, 0.4) is 0 Å². The molecule has 90 valence electrons. The molecule has 0 aliphatic heterocycles. The molecule has 5 nitrogen and oxygen atoms in total. The van der Waals surface area contributed by atoms with Crippen molar-refractivity contribution < 1.29 is 13.2 Å². The van der Waals surface area contributed by atoms with Crippen LogP contribution in [0, 0.1) is 5.92 Å². The number of nitrogens with one attached hydrogen (secondary N) is 1. The Morgan fingerprint density at radius 1 is 1.53 bits per heavy atom. The van der Waals surface area contributed by atoms with E-state index in [1.165, 1.54) is 0 Å². The molecular weight excluding hydrogens is 216 g/mol. The average Bonchev–Trinajstić information content (AvgIpc) is 2.98. The smallest absolute Gasteiger partial charge is 0.211 e. The highest BCUT2D eigenvalue weighted by Gasteiger charge is 2.32. The van der Waals surface area contributed by atoms with Gasteiger partial charge in [-0.05, 0) is 25.2 Å². The van der Waals surface area contributed by atoms with Gasteiger partial charge in [-0.2, -0.15) is 0 Å². The number of nitrogens with two attached hydrogens (primary N) is 1. The molecule has 0 saturated heterocycles. The van der Waals surface area contributed by atoms with Gasteiger partial charge in [-0.3, -0.25) is 0 Å². The Kier molecular flexibility index (Phi) is 4.98. The summed E-state index contributed by atoms with van der Waals surface area (Å²) in [7, 11) is -1.62. The van der Waals surface area contributed by atoms with Crippen molar-refractivity contribution in [3.63, 3.8) is 0 Å². The monoisotopic (exact) mass is 236 g/mol. The summed E-state index contributed by atoms with van der Waals surface area (Å²) in [6.07, 6.45) is 2.69. The van der Waals surface area contributed by atoms with Gasteiger partial charge >= 0.3 is 0 Å². The summed E-state index contributed by atoms with van der Waals surface area (Å²) in [5.41, 5.74) is 5.52. The highest BCUT2D eigenvalue weighted by Crippen LogP contribution is 2.32. The largest absolute Gasteiger partial charge is 0.385 e. The fraction of sp³-hybridized carbons (Fsp3) is 1.00. The minimum Gasteiger partial charge on any atom is -0.385 e. The predicted molar refractivity (Wildman–Crippen MR) is 59.0 cm³/mol. The summed E-state index contributed by atoms with van der Waals surface area (Å²) in [6.45, 7) is 0.853. The molecule has 0 spiro atoms. The van der Waals surface area contributed by atoms with E-state index in [2.05, 4.69) is 4.72 Å². The van der Waals surface area contributed by atoms with Crippen molar-refractivity contribution in [1.29, 1.82) is 0 Å². The Hall–Kier alpha value is -0.170. The molecule has 1 atom stereocenters. The molecule has 1 rings (SSSR count). The fourth-order valence-corrected chi connectivity index (χ4v) is 2.88. The molecule has 6 heteroatoms. The van der Waals surface area contributed by atoms with Crippen LogP contribution in [0.25, 0.3) is 0 Å². The van der Waals surface area contributed by atoms with Crippen LogP contribution < -0.4 is 10.5 Å². The Balaban J connectivity index is 2.33. The standard InChI is InChI=1S/C9H20N2O3S/c1-14-5-2-6-15(12,13)11-9(7-10)8-3-4-8/h8-9,11H,2-7,10H2,1H3. The number of rotatable bonds is 8. The zero-order chi connectivity index (χ0) is 11.3. The van der Waals surface area contributed by atoms with Crippen LogP contribution in [0.4, 0.5) is 0 Å². The fourth-order valence-electron chi connectivity index (χ4n) is 1.52. The molecule has 1 unspecified atom stereocenters. The topological polar surface area (TPSA) is 81.4 Å². The van der Waals surface area contributed by atoms with Crippen molar-refractivity contribution >= 4 is 10.0 Å². The summed E-state index contributed by atoms with van der Waals surface area (Å²) < 4.78 is 30.6. The molecule has 0 radical (unpaired) electrons. The molecule has 3 N–H and O–H groups in total. The van der Waals surface area contributed by atoms with Crippen LogP contribution in [0.5, 0.6) is 0 Å². The van der Waals surface area contributed by atoms with E-state index in [0.29, 0.717) is 25.5 Å². The van der Waals surface area contributed by atoms with E-state index in [1.807, 2.05) is 0 Å². The molecule has 0 aromatic rings. The third-order valence-corrected chi connectivity index (χ3v) is 4.03. The van der Waals surface area contributed by atoms with E-state index in [0.717, 1.165) is 12.8 Å². The molecular formula is C9H20N2O3S. The zero-order valence-corrected chi connectivity index (χ0v) is 9.92. The molecule has 0 aromatic heterocycles. The van der Waals surface area contributed by atoms with Gasteiger partial charge < -0.3 is 10.5 Å². The number of hydrogen-bond donors (Lipinski definition) is 2. The average molecular weight is 236 g/mol. The first-order valence-corrected chi connectivity index (χ1v) is 6.93. The third-order valence-electron chi connectivity index (χ3n) is 2.54. The van der Waals surface area contributed by atoms with Crippen molar-refractivity contribution in [2.75, 3.05) is 26.0 Å². The van der Waals surface area contributed by atoms with Gasteiger partial charge in [0.1, 0.15) is 0 Å². The molecule has 0 amide bonds. The van der Waals surface area contributed by atoms with Gasteiger partial charge in [0.15, 0.2) is 0 Å². The van der Waals surface area contributed by atoms with Crippen LogP contribution >= 0.6 is 0 Å². The van der Waals surface area contributed by atoms with Crippen molar-refractivity contribution in [2.45, 2.75) is 25.3 Å². The minimum absolute atomic E-state index is 0.0717. The van der Waals surface area contributed by atoms with Crippen LogP contribution in [-0.4, -0.2) is 40.5 Å². The lowest BCUT2D eigenvalue weighted by Crippen LogP contribution is -2.42. The molecule has 1 saturated carbocycles. The quantitative estimate of drug-likeness (QED) is 0.566. The molecule has 0 aromatic carbocycles. The van der Waals surface area contributed by atoms with E-state index in [9.17, 15) is 8.42 Å². The van der Waals surface area contributed by atoms with Crippen LogP contribution in [0.2, 0.25) is 0 Å². The summed E-state index contributed by atoms with van der Waals surface area (Å²) >= 11 is 0. The maximum atomic E-state index is 11.6. The van der Waals surface area contributed by atoms with Gasteiger partial charge in [-0.1, -0.05) is 0 Å². The predicted octanol–water partition coefficient (Wildman–Crippen LogP) is -0.320. The summed E-state index contributed by atoms with van der Waals surface area (Å²) in [5.74, 6) is 0.566. The third kappa shape index (κ3) is 4.92. The van der Waals surface area contributed by atoms with Gasteiger partial charge in [-0.25, -0.2) is 13.1 Å². The SMILES string of the molecule is COCCCS(=O)(=O)NC(CN)C1CC1. The highest BCUT2D eigenvalue weighted by molar-refractivity contribution is 7.89. The summed E-state index contributed by atoms with van der Waals surface area (Å²) in [6, 6.07) is -0.0717. The Bertz CT molecular complexity index is 275. The van der Waals surface area contributed by atoms with Gasteiger partial charge in [0.05, 0.1) is 5.75 Å². The van der Waals surface area contributed by atoms with Gasteiger partial charge in [-0.15, -0.1) is 0 Å². The lowest BCUT2D eigenvalue weighted by atomic mass is 10.2. The lowest BCUT2D eigenvalue weighted by Gasteiger charge is -2.15. The molecule has 1 aliphatic carbocycles. The van der Waals surface area contributed by atoms with Crippen molar-refractivity contribution in [1.82, 2.24) is 4.72 Å². The maximum absolute atomic E-state index is 11.6. The molecule has 15 heavy (non-hydrogen) atoms. The van der Waals surface area contributed by atoms with Crippen LogP contribution in [0.1, 0.15) is 19.3 Å². The summed E-state index contributed by atoms with van der Waals surface area (Å²) in [5, 5.41) is 0. The normalized spacial score (nSPS) is 19.1. The Labute approximate surface area is 91.4 Å². The number of methoxy groups -OCH3 is 1. The van der Waals surface area contributed by atoms with Crippen LogP contribution in [0.15, 0.2) is 0 Å². The van der Waals surface area contributed by atoms with E-state index in [1.54, 1.807) is 7.11 Å². The highest BCUT2D eigenvalue weighted by atomic mass is 32.2. The van der Waals surface area contributed by atoms with Gasteiger partial charge in [0, 0.05) is 26.3 Å². The Morgan fingerprint density at radius 3 is 2.67 bits per heavy atom. The maximum Gasteiger partial charge on any atom is 0.211 e. The van der Waals surface area contributed by atoms with E-state index < -0.39 is 10.0 Å². The number of sulfonamides is 1. The number of ether oxygens (including phenoxy) is 1. The zero-order valence-electron chi connectivity index (χ0n) is 9.11. The first kappa shape index (κ1) is 12.9. The molecule has 0 bridgehead atoms. The van der Waals surface area contributed by atoms with E-state index >= 15 is 0 Å². The van der Waals surface area contributed by atoms with Gasteiger partial charge in [0.25, 0.3) is 0 Å². The van der Waals surface area contributed by atoms with E-state index in [4.69, 9.17) is 10.5 Å². The lowest BCUT2D eigenvalue weighted by molar-refractivity contribution is 0.199. The first-order chi connectivity index (χ1) is 7.09. The van der Waals surface area contributed by atoms with Crippen molar-refractivity contribution in [3.05, 3.63) is 0 Å². The second kappa shape index (κ2) is 5.79. The molecule has 1 fully saturated rings. The van der Waals surface area contributed by atoms with Crippen molar-refractivity contribution in [2.24, 2.45) is 11.7 Å².